The van der Waals surface area contributed by atoms with Crippen molar-refractivity contribution in [3.05, 3.63) is 46.0 Å². The van der Waals surface area contributed by atoms with Gasteiger partial charge in [0.15, 0.2) is 11.6 Å². The number of nitro groups is 1. The number of nitrogens with zero attached hydrogens (tertiary/aromatic N) is 4. The molecule has 9 heteroatoms. The third kappa shape index (κ3) is 2.44. The molecule has 0 aliphatic heterocycles. The lowest BCUT2D eigenvalue weighted by molar-refractivity contribution is -0.385. The third-order valence-electron chi connectivity index (χ3n) is 2.27. The molecule has 1 aromatic carbocycles. The minimum absolute atomic E-state index is 0.0894. The number of aromatic nitrogens is 2. The molecule has 8 nitrogen and oxygen atoms in total. The lowest BCUT2D eigenvalue weighted by Crippen LogP contribution is -2.03. The Bertz CT molecular complexity index is 728. The monoisotopic (exact) mass is 275 g/mol. The predicted octanol–water partition coefficient (Wildman–Crippen LogP) is 1.77. The SMILES string of the molecule is N#Cc1ccc(Oc2ncnc(N)c2[N+](=O)[O-])c(F)c1. The number of rotatable bonds is 3. The van der Waals surface area contributed by atoms with Gasteiger partial charge in [-0.05, 0) is 18.2 Å². The minimum atomic E-state index is -0.851. The Morgan fingerprint density at radius 1 is 1.45 bits per heavy atom. The van der Waals surface area contributed by atoms with Crippen LogP contribution in [0, 0.1) is 27.3 Å². The molecule has 0 fully saturated rings. The lowest BCUT2D eigenvalue weighted by Gasteiger charge is -2.06. The number of nitriles is 1. The van der Waals surface area contributed by atoms with Crippen molar-refractivity contribution in [2.24, 2.45) is 0 Å². The van der Waals surface area contributed by atoms with Crippen molar-refractivity contribution in [2.45, 2.75) is 0 Å². The molecule has 20 heavy (non-hydrogen) atoms. The van der Waals surface area contributed by atoms with Crippen molar-refractivity contribution >= 4 is 11.5 Å². The smallest absolute Gasteiger partial charge is 0.372 e. The fourth-order valence-corrected chi connectivity index (χ4v) is 1.38. The van der Waals surface area contributed by atoms with E-state index in [9.17, 15) is 14.5 Å². The van der Waals surface area contributed by atoms with Crippen LogP contribution in [0.25, 0.3) is 0 Å². The van der Waals surface area contributed by atoms with E-state index in [0.717, 1.165) is 18.5 Å². The van der Waals surface area contributed by atoms with Gasteiger partial charge >= 0.3 is 11.6 Å². The van der Waals surface area contributed by atoms with E-state index in [2.05, 4.69) is 9.97 Å². The zero-order valence-electron chi connectivity index (χ0n) is 9.78. The minimum Gasteiger partial charge on any atom is -0.430 e. The Labute approximate surface area is 111 Å². The van der Waals surface area contributed by atoms with Crippen molar-refractivity contribution in [3.63, 3.8) is 0 Å². The highest BCUT2D eigenvalue weighted by Crippen LogP contribution is 2.33. The summed E-state index contributed by atoms with van der Waals surface area (Å²) in [7, 11) is 0. The lowest BCUT2D eigenvalue weighted by atomic mass is 10.2. The molecule has 2 rings (SSSR count). The molecular formula is C11H6FN5O3. The van der Waals surface area contributed by atoms with Crippen LogP contribution in [0.15, 0.2) is 24.5 Å². The highest BCUT2D eigenvalue weighted by atomic mass is 19.1. The Hall–Kier alpha value is -3.28. The van der Waals surface area contributed by atoms with Crippen LogP contribution in [0.2, 0.25) is 0 Å². The molecule has 2 aromatic rings. The highest BCUT2D eigenvalue weighted by molar-refractivity contribution is 5.58. The van der Waals surface area contributed by atoms with Crippen LogP contribution in [-0.4, -0.2) is 14.9 Å². The Balaban J connectivity index is 2.43. The van der Waals surface area contributed by atoms with E-state index in [1.54, 1.807) is 6.07 Å². The van der Waals surface area contributed by atoms with Crippen molar-refractivity contribution < 1.29 is 14.1 Å². The average molecular weight is 275 g/mol. The first-order valence-electron chi connectivity index (χ1n) is 5.15. The number of ether oxygens (including phenoxy) is 1. The van der Waals surface area contributed by atoms with E-state index in [4.69, 9.17) is 15.7 Å². The van der Waals surface area contributed by atoms with Gasteiger partial charge in [-0.2, -0.15) is 10.2 Å². The number of benzene rings is 1. The van der Waals surface area contributed by atoms with E-state index in [1.807, 2.05) is 0 Å². The number of hydrogen-bond acceptors (Lipinski definition) is 7. The standard InChI is InChI=1S/C11H6FN5O3/c12-7-3-6(4-13)1-2-8(7)20-11-9(17(18)19)10(14)15-5-16-11/h1-3,5H,(H2,14,15,16). The summed E-state index contributed by atoms with van der Waals surface area (Å²) in [6.45, 7) is 0. The average Bonchev–Trinajstić information content (AvgIpc) is 2.40. The molecule has 100 valence electrons. The number of hydrogen-bond donors (Lipinski definition) is 1. The van der Waals surface area contributed by atoms with Crippen LogP contribution < -0.4 is 10.5 Å². The molecule has 0 bridgehead atoms. The van der Waals surface area contributed by atoms with Crippen LogP contribution >= 0.6 is 0 Å². The first-order chi connectivity index (χ1) is 9.52. The van der Waals surface area contributed by atoms with Gasteiger partial charge in [0, 0.05) is 0 Å². The molecule has 0 aliphatic rings. The summed E-state index contributed by atoms with van der Waals surface area (Å²) in [6, 6.07) is 5.15. The van der Waals surface area contributed by atoms with Gasteiger partial charge in [-0.1, -0.05) is 0 Å². The fraction of sp³-hybridized carbons (Fsp3) is 0. The maximum atomic E-state index is 13.6. The maximum Gasteiger partial charge on any atom is 0.372 e. The Kier molecular flexibility index (Phi) is 3.39. The normalized spacial score (nSPS) is 9.80. The number of halogens is 1. The van der Waals surface area contributed by atoms with E-state index < -0.39 is 28.1 Å². The zero-order valence-corrected chi connectivity index (χ0v) is 9.78. The summed E-state index contributed by atoms with van der Waals surface area (Å²) in [6.07, 6.45) is 0.958. The van der Waals surface area contributed by atoms with Gasteiger partial charge in [0.2, 0.25) is 5.82 Å². The summed E-state index contributed by atoms with van der Waals surface area (Å²) < 4.78 is 18.7. The fourth-order valence-electron chi connectivity index (χ4n) is 1.38. The molecule has 0 spiro atoms. The summed E-state index contributed by atoms with van der Waals surface area (Å²) >= 11 is 0. The second-order valence-electron chi connectivity index (χ2n) is 3.53. The molecule has 0 saturated carbocycles. The van der Waals surface area contributed by atoms with E-state index >= 15 is 0 Å². The zero-order chi connectivity index (χ0) is 14.7. The first kappa shape index (κ1) is 13.2. The second kappa shape index (κ2) is 5.15. The van der Waals surface area contributed by atoms with Gasteiger partial charge in [0.05, 0.1) is 16.6 Å². The molecule has 0 atom stereocenters. The Morgan fingerprint density at radius 2 is 2.20 bits per heavy atom. The summed E-state index contributed by atoms with van der Waals surface area (Å²) in [5.41, 5.74) is 4.78. The van der Waals surface area contributed by atoms with Gasteiger partial charge in [0.1, 0.15) is 6.33 Å². The van der Waals surface area contributed by atoms with Gasteiger partial charge in [-0.15, -0.1) is 0 Å². The van der Waals surface area contributed by atoms with Crippen LogP contribution in [0.5, 0.6) is 11.6 Å². The van der Waals surface area contributed by atoms with Gasteiger partial charge in [-0.25, -0.2) is 9.37 Å². The summed E-state index contributed by atoms with van der Waals surface area (Å²) in [5.74, 6) is -2.04. The van der Waals surface area contributed by atoms with Crippen LogP contribution in [0.4, 0.5) is 15.9 Å². The molecular weight excluding hydrogens is 269 g/mol. The topological polar surface area (TPSA) is 128 Å². The first-order valence-corrected chi connectivity index (χ1v) is 5.15. The Morgan fingerprint density at radius 3 is 2.80 bits per heavy atom. The van der Waals surface area contributed by atoms with Crippen molar-refractivity contribution in [3.8, 4) is 17.7 Å². The summed E-state index contributed by atoms with van der Waals surface area (Å²) in [5, 5.41) is 19.5. The quantitative estimate of drug-likeness (QED) is 0.667. The van der Waals surface area contributed by atoms with Crippen LogP contribution in [0.3, 0.4) is 0 Å². The largest absolute Gasteiger partial charge is 0.430 e. The molecule has 0 saturated heterocycles. The number of nitrogen functional groups attached to an aromatic ring is 1. The molecule has 1 heterocycles. The number of anilines is 1. The van der Waals surface area contributed by atoms with Crippen molar-refractivity contribution in [1.82, 2.24) is 9.97 Å². The molecule has 1 aromatic heterocycles. The van der Waals surface area contributed by atoms with E-state index in [0.29, 0.717) is 0 Å². The van der Waals surface area contributed by atoms with E-state index in [1.165, 1.54) is 6.07 Å². The number of nitrogens with two attached hydrogens (primary N) is 1. The van der Waals surface area contributed by atoms with Gasteiger partial charge in [-0.3, -0.25) is 10.1 Å². The van der Waals surface area contributed by atoms with Crippen LogP contribution in [-0.2, 0) is 0 Å². The van der Waals surface area contributed by atoms with Crippen molar-refractivity contribution in [2.75, 3.05) is 5.73 Å². The maximum absolute atomic E-state index is 13.6. The second-order valence-corrected chi connectivity index (χ2v) is 3.53. The predicted molar refractivity (Wildman–Crippen MR) is 64.3 cm³/mol. The van der Waals surface area contributed by atoms with Gasteiger partial charge in [0.25, 0.3) is 0 Å². The third-order valence-corrected chi connectivity index (χ3v) is 2.27. The molecule has 0 aliphatic carbocycles. The highest BCUT2D eigenvalue weighted by Gasteiger charge is 2.23. The molecule has 2 N–H and O–H groups in total. The van der Waals surface area contributed by atoms with Crippen molar-refractivity contribution in [1.29, 1.82) is 5.26 Å². The molecule has 0 radical (unpaired) electrons. The van der Waals surface area contributed by atoms with Crippen LogP contribution in [0.1, 0.15) is 5.56 Å². The van der Waals surface area contributed by atoms with E-state index in [-0.39, 0.29) is 11.3 Å². The molecule has 0 amide bonds. The van der Waals surface area contributed by atoms with Gasteiger partial charge < -0.3 is 10.5 Å². The molecule has 0 unspecified atom stereocenters. The summed E-state index contributed by atoms with van der Waals surface area (Å²) in [4.78, 5) is 17.0.